The summed E-state index contributed by atoms with van der Waals surface area (Å²) in [5, 5.41) is 0. The van der Waals surface area contributed by atoms with Crippen LogP contribution in [0.3, 0.4) is 0 Å². The van der Waals surface area contributed by atoms with Gasteiger partial charge in [-0.25, -0.2) is 0 Å². The molecule has 0 aliphatic rings. The van der Waals surface area contributed by atoms with E-state index in [1.165, 1.54) is 0 Å². The van der Waals surface area contributed by atoms with E-state index in [1.807, 2.05) is 23.0 Å². The molecule has 0 aromatic carbocycles. The Kier molecular flexibility index (Phi) is 11.1. The molecule has 5 heteroatoms. The van der Waals surface area contributed by atoms with Crippen LogP contribution >= 0.6 is 23.0 Å². The van der Waals surface area contributed by atoms with Crippen LogP contribution in [0.5, 0.6) is 0 Å². The van der Waals surface area contributed by atoms with Gasteiger partial charge >= 0.3 is 0 Å². The Morgan fingerprint density at radius 2 is 1.77 bits per heavy atom. The van der Waals surface area contributed by atoms with Crippen molar-refractivity contribution in [3.63, 3.8) is 0 Å². The molecular formula is C8H18INO3. The van der Waals surface area contributed by atoms with Gasteiger partial charge in [0, 0.05) is 20.2 Å². The van der Waals surface area contributed by atoms with Crippen molar-refractivity contribution < 1.29 is 12.5 Å². The summed E-state index contributed by atoms with van der Waals surface area (Å²) in [7, 11) is 3.72. The van der Waals surface area contributed by atoms with E-state index >= 15 is 0 Å². The third-order valence-corrected chi connectivity index (χ3v) is 2.04. The van der Waals surface area contributed by atoms with E-state index in [2.05, 4.69) is 11.9 Å². The summed E-state index contributed by atoms with van der Waals surface area (Å²) in [6.45, 7) is 4.73. The molecule has 0 fully saturated rings. The van der Waals surface area contributed by atoms with E-state index in [-0.39, 0.29) is 0 Å². The van der Waals surface area contributed by atoms with Crippen LogP contribution in [0, 0.1) is 0 Å². The fourth-order valence-corrected chi connectivity index (χ4v) is 0.964. The van der Waals surface area contributed by atoms with E-state index in [0.29, 0.717) is 13.2 Å². The number of nitrogens with zero attached hydrogens (tertiary/aromatic N) is 1. The van der Waals surface area contributed by atoms with E-state index in [0.717, 1.165) is 26.3 Å². The minimum atomic E-state index is 0.667. The van der Waals surface area contributed by atoms with Crippen LogP contribution in [0.15, 0.2) is 0 Å². The Balaban J connectivity index is 3.03. The normalized spacial score (nSPS) is 11.1. The van der Waals surface area contributed by atoms with Gasteiger partial charge in [0.05, 0.1) is 26.4 Å². The van der Waals surface area contributed by atoms with Gasteiger partial charge in [-0.05, 0) is 7.05 Å². The maximum atomic E-state index is 5.32. The fraction of sp³-hybridized carbons (Fsp3) is 1.00. The van der Waals surface area contributed by atoms with Gasteiger partial charge in [-0.2, -0.15) is 0 Å². The lowest BCUT2D eigenvalue weighted by atomic mass is 10.5. The molecule has 13 heavy (non-hydrogen) atoms. The number of rotatable bonds is 9. The molecule has 0 bridgehead atoms. The van der Waals surface area contributed by atoms with Crippen molar-refractivity contribution >= 4 is 23.0 Å². The largest absolute Gasteiger partial charge is 0.382 e. The maximum absolute atomic E-state index is 5.32. The zero-order valence-corrected chi connectivity index (χ0v) is 10.5. The van der Waals surface area contributed by atoms with Gasteiger partial charge in [-0.3, -0.25) is 0 Å². The highest BCUT2D eigenvalue weighted by Crippen LogP contribution is 1.88. The van der Waals surface area contributed by atoms with Crippen molar-refractivity contribution in [3.8, 4) is 0 Å². The molecule has 0 N–H and O–H groups in total. The molecule has 0 rings (SSSR count). The van der Waals surface area contributed by atoms with Crippen molar-refractivity contribution in [2.75, 3.05) is 53.7 Å². The number of hydrogen-bond acceptors (Lipinski definition) is 4. The first-order chi connectivity index (χ1) is 6.31. The molecule has 4 nitrogen and oxygen atoms in total. The zero-order chi connectivity index (χ0) is 9.94. The van der Waals surface area contributed by atoms with Gasteiger partial charge < -0.3 is 17.4 Å². The number of halogens is 1. The SMILES string of the molecule is COCCOCCN(C)CCOI. The Bertz CT molecular complexity index is 105. The standard InChI is InChI=1S/C8H18INO3/c1-10(4-6-13-9)3-5-12-8-7-11-2/h3-8H2,1-2H3. The van der Waals surface area contributed by atoms with Crippen LogP contribution in [0.25, 0.3) is 0 Å². The summed E-state index contributed by atoms with van der Waals surface area (Å²) in [6, 6.07) is 0. The summed E-state index contributed by atoms with van der Waals surface area (Å²) in [6.07, 6.45) is 0. The average Bonchev–Trinajstić information content (AvgIpc) is 2.14. The second kappa shape index (κ2) is 10.6. The fourth-order valence-electron chi connectivity index (χ4n) is 0.767. The summed E-state index contributed by atoms with van der Waals surface area (Å²) in [5.41, 5.74) is 0. The Morgan fingerprint density at radius 3 is 2.38 bits per heavy atom. The first-order valence-corrected chi connectivity index (χ1v) is 5.18. The zero-order valence-electron chi connectivity index (χ0n) is 8.29. The molecule has 0 aliphatic heterocycles. The highest BCUT2D eigenvalue weighted by molar-refractivity contribution is 14.1. The molecule has 0 unspecified atom stereocenters. The highest BCUT2D eigenvalue weighted by atomic mass is 127. The molecular weight excluding hydrogens is 285 g/mol. The lowest BCUT2D eigenvalue weighted by Gasteiger charge is -2.15. The quantitative estimate of drug-likeness (QED) is 0.469. The summed E-state index contributed by atoms with van der Waals surface area (Å²) in [5.74, 6) is 0. The predicted molar refractivity (Wildman–Crippen MR) is 60.2 cm³/mol. The summed E-state index contributed by atoms with van der Waals surface area (Å²) < 4.78 is 15.1. The molecule has 0 heterocycles. The molecule has 0 saturated heterocycles. The topological polar surface area (TPSA) is 30.9 Å². The minimum absolute atomic E-state index is 0.667. The summed E-state index contributed by atoms with van der Waals surface area (Å²) in [4.78, 5) is 2.17. The third-order valence-electron chi connectivity index (χ3n) is 1.60. The van der Waals surface area contributed by atoms with Crippen LogP contribution < -0.4 is 0 Å². The Hall–Kier alpha value is 0.570. The van der Waals surface area contributed by atoms with E-state index in [4.69, 9.17) is 12.5 Å². The van der Waals surface area contributed by atoms with E-state index in [9.17, 15) is 0 Å². The van der Waals surface area contributed by atoms with Crippen LogP contribution in [-0.2, 0) is 12.5 Å². The number of likely N-dealkylation sites (N-methyl/N-ethyl adjacent to an activating group) is 1. The maximum Gasteiger partial charge on any atom is 0.109 e. The highest BCUT2D eigenvalue weighted by Gasteiger charge is 1.97. The van der Waals surface area contributed by atoms with Crippen LogP contribution in [0.2, 0.25) is 0 Å². The van der Waals surface area contributed by atoms with Crippen molar-refractivity contribution in [2.24, 2.45) is 0 Å². The van der Waals surface area contributed by atoms with Gasteiger partial charge in [0.25, 0.3) is 0 Å². The monoisotopic (exact) mass is 303 g/mol. The number of ether oxygens (including phenoxy) is 2. The summed E-state index contributed by atoms with van der Waals surface area (Å²) >= 11 is 1.90. The molecule has 0 aliphatic carbocycles. The predicted octanol–water partition coefficient (Wildman–Crippen LogP) is 0.948. The van der Waals surface area contributed by atoms with Crippen molar-refractivity contribution in [2.45, 2.75) is 0 Å². The molecule has 0 aromatic rings. The average molecular weight is 303 g/mol. The van der Waals surface area contributed by atoms with Gasteiger partial charge in [0.15, 0.2) is 0 Å². The van der Waals surface area contributed by atoms with Crippen molar-refractivity contribution in [1.82, 2.24) is 4.90 Å². The first kappa shape index (κ1) is 13.6. The van der Waals surface area contributed by atoms with Crippen LogP contribution in [0.1, 0.15) is 0 Å². The van der Waals surface area contributed by atoms with Gasteiger partial charge in [0.1, 0.15) is 23.0 Å². The lowest BCUT2D eigenvalue weighted by Crippen LogP contribution is -2.26. The molecule has 0 saturated carbocycles. The lowest BCUT2D eigenvalue weighted by molar-refractivity contribution is 0.0597. The smallest absolute Gasteiger partial charge is 0.109 e. The molecule has 0 amide bonds. The van der Waals surface area contributed by atoms with Gasteiger partial charge in [-0.15, -0.1) is 0 Å². The van der Waals surface area contributed by atoms with E-state index in [1.54, 1.807) is 7.11 Å². The molecule has 0 aromatic heterocycles. The molecule has 0 spiro atoms. The van der Waals surface area contributed by atoms with Gasteiger partial charge in [-0.1, -0.05) is 0 Å². The van der Waals surface area contributed by atoms with Gasteiger partial charge in [0.2, 0.25) is 0 Å². The number of hydrogen-bond donors (Lipinski definition) is 0. The molecule has 80 valence electrons. The Labute approximate surface area is 94.2 Å². The van der Waals surface area contributed by atoms with Crippen LogP contribution in [-0.4, -0.2) is 58.6 Å². The Morgan fingerprint density at radius 1 is 1.08 bits per heavy atom. The third kappa shape index (κ3) is 10.5. The second-order valence-corrected chi connectivity index (χ2v) is 3.34. The van der Waals surface area contributed by atoms with Crippen molar-refractivity contribution in [3.05, 3.63) is 0 Å². The number of methoxy groups -OCH3 is 1. The first-order valence-electron chi connectivity index (χ1n) is 4.30. The second-order valence-electron chi connectivity index (χ2n) is 2.72. The van der Waals surface area contributed by atoms with E-state index < -0.39 is 0 Å². The van der Waals surface area contributed by atoms with Crippen LogP contribution in [0.4, 0.5) is 0 Å². The van der Waals surface area contributed by atoms with Crippen molar-refractivity contribution in [1.29, 1.82) is 0 Å². The molecule has 0 radical (unpaired) electrons. The minimum Gasteiger partial charge on any atom is -0.382 e. The molecule has 0 atom stereocenters.